The molecule has 0 spiro atoms. The summed E-state index contributed by atoms with van der Waals surface area (Å²) in [6.45, 7) is 2.23. The van der Waals surface area contributed by atoms with E-state index in [1.807, 2.05) is 19.3 Å². The molecule has 1 aromatic rings. The molecule has 1 aromatic heterocycles. The van der Waals surface area contributed by atoms with Crippen molar-refractivity contribution in [2.45, 2.75) is 19.4 Å². The molecule has 0 saturated heterocycles. The molecule has 1 aliphatic rings. The Kier molecular flexibility index (Phi) is 3.56. The van der Waals surface area contributed by atoms with Gasteiger partial charge in [-0.05, 0) is 18.9 Å². The van der Waals surface area contributed by atoms with E-state index in [0.717, 1.165) is 31.6 Å². The van der Waals surface area contributed by atoms with Crippen LogP contribution in [0.1, 0.15) is 18.5 Å². The van der Waals surface area contributed by atoms with Crippen LogP contribution in [-0.4, -0.2) is 28.8 Å². The zero-order chi connectivity index (χ0) is 11.4. The number of hydrogen-bond acceptors (Lipinski definition) is 3. The molecule has 2 N–H and O–H groups in total. The number of hydrogen-bond donors (Lipinski definition) is 2. The van der Waals surface area contributed by atoms with Gasteiger partial charge in [0.2, 0.25) is 5.91 Å². The average molecular weight is 222 g/mol. The lowest BCUT2D eigenvalue weighted by atomic mass is 10.4. The monoisotopic (exact) mass is 222 g/mol. The first-order valence-corrected chi connectivity index (χ1v) is 5.72. The van der Waals surface area contributed by atoms with Gasteiger partial charge in [-0.3, -0.25) is 9.48 Å². The summed E-state index contributed by atoms with van der Waals surface area (Å²) < 4.78 is 1.78. The number of aryl methyl sites for hydroxylation is 1. The number of carbonyl (C=O) groups excluding carboxylic acids is 1. The molecule has 1 fully saturated rings. The third kappa shape index (κ3) is 3.34. The number of carbonyl (C=O) groups is 1. The molecule has 0 bridgehead atoms. The summed E-state index contributed by atoms with van der Waals surface area (Å²) in [6, 6.07) is 1.98. The third-order valence-electron chi connectivity index (χ3n) is 2.62. The zero-order valence-corrected chi connectivity index (χ0v) is 9.57. The summed E-state index contributed by atoms with van der Waals surface area (Å²) in [6.07, 6.45) is 4.05. The Labute approximate surface area is 95.2 Å². The largest absolute Gasteiger partial charge is 0.355 e. The van der Waals surface area contributed by atoms with E-state index in [4.69, 9.17) is 0 Å². The van der Waals surface area contributed by atoms with Gasteiger partial charge >= 0.3 is 0 Å². The molecule has 0 aliphatic heterocycles. The molecule has 2 rings (SSSR count). The maximum Gasteiger partial charge on any atom is 0.223 e. The minimum Gasteiger partial charge on any atom is -0.355 e. The summed E-state index contributed by atoms with van der Waals surface area (Å²) in [5, 5.41) is 10.4. The van der Waals surface area contributed by atoms with Crippen molar-refractivity contribution in [2.24, 2.45) is 13.0 Å². The first kappa shape index (κ1) is 11.1. The van der Waals surface area contributed by atoms with Gasteiger partial charge in [0.25, 0.3) is 0 Å². The molecule has 0 unspecified atom stereocenters. The van der Waals surface area contributed by atoms with Gasteiger partial charge in [-0.15, -0.1) is 0 Å². The lowest BCUT2D eigenvalue weighted by Gasteiger charge is -2.04. The molecule has 0 radical (unpaired) electrons. The number of nitrogens with zero attached hydrogens (tertiary/aromatic N) is 2. The van der Waals surface area contributed by atoms with E-state index in [1.165, 1.54) is 0 Å². The Bertz CT molecular complexity index is 357. The van der Waals surface area contributed by atoms with Gasteiger partial charge in [0, 0.05) is 38.8 Å². The highest BCUT2D eigenvalue weighted by molar-refractivity contribution is 5.80. The quantitative estimate of drug-likeness (QED) is 0.668. The van der Waals surface area contributed by atoms with Gasteiger partial charge in [-0.25, -0.2) is 0 Å². The maximum absolute atomic E-state index is 11.3. The zero-order valence-electron chi connectivity index (χ0n) is 9.57. The Hall–Kier alpha value is -1.36. The summed E-state index contributed by atoms with van der Waals surface area (Å²) in [4.78, 5) is 11.3. The first-order valence-electron chi connectivity index (χ1n) is 5.72. The van der Waals surface area contributed by atoms with Crippen molar-refractivity contribution >= 4 is 5.91 Å². The van der Waals surface area contributed by atoms with E-state index in [9.17, 15) is 4.79 Å². The van der Waals surface area contributed by atoms with E-state index < -0.39 is 0 Å². The SMILES string of the molecule is Cn1ccc(CNCCNC(=O)C2CC2)n1. The van der Waals surface area contributed by atoms with Crippen LogP contribution < -0.4 is 10.6 Å². The Morgan fingerprint density at radius 1 is 1.56 bits per heavy atom. The summed E-state index contributed by atoms with van der Waals surface area (Å²) >= 11 is 0. The van der Waals surface area contributed by atoms with Crippen LogP contribution in [0.25, 0.3) is 0 Å². The Morgan fingerprint density at radius 3 is 3.00 bits per heavy atom. The molecule has 5 heteroatoms. The van der Waals surface area contributed by atoms with Crippen molar-refractivity contribution in [3.05, 3.63) is 18.0 Å². The minimum atomic E-state index is 0.208. The van der Waals surface area contributed by atoms with E-state index in [-0.39, 0.29) is 5.91 Å². The highest BCUT2D eigenvalue weighted by Crippen LogP contribution is 2.28. The van der Waals surface area contributed by atoms with Gasteiger partial charge in [0.15, 0.2) is 0 Å². The van der Waals surface area contributed by atoms with Crippen molar-refractivity contribution < 1.29 is 4.79 Å². The summed E-state index contributed by atoms with van der Waals surface area (Å²) in [5.41, 5.74) is 1.02. The van der Waals surface area contributed by atoms with Gasteiger partial charge in [-0.2, -0.15) is 5.10 Å². The average Bonchev–Trinajstić information content (AvgIpc) is 3.03. The van der Waals surface area contributed by atoms with Gasteiger partial charge in [0.1, 0.15) is 0 Å². The van der Waals surface area contributed by atoms with E-state index in [1.54, 1.807) is 4.68 Å². The molecule has 1 saturated carbocycles. The molecule has 0 atom stereocenters. The summed E-state index contributed by atoms with van der Waals surface area (Å²) in [7, 11) is 1.90. The lowest BCUT2D eigenvalue weighted by Crippen LogP contribution is -2.32. The van der Waals surface area contributed by atoms with E-state index >= 15 is 0 Å². The number of aromatic nitrogens is 2. The summed E-state index contributed by atoms with van der Waals surface area (Å²) in [5.74, 6) is 0.510. The van der Waals surface area contributed by atoms with E-state index in [2.05, 4.69) is 15.7 Å². The van der Waals surface area contributed by atoms with Gasteiger partial charge in [-0.1, -0.05) is 0 Å². The number of rotatable bonds is 6. The highest BCUT2D eigenvalue weighted by atomic mass is 16.2. The van der Waals surface area contributed by atoms with Crippen molar-refractivity contribution in [3.63, 3.8) is 0 Å². The predicted octanol–water partition coefficient (Wildman–Crippen LogP) is 0.0359. The highest BCUT2D eigenvalue weighted by Gasteiger charge is 2.28. The number of amides is 1. The fourth-order valence-electron chi connectivity index (χ4n) is 1.54. The van der Waals surface area contributed by atoms with Crippen molar-refractivity contribution in [2.75, 3.05) is 13.1 Å². The van der Waals surface area contributed by atoms with Gasteiger partial charge in [0.05, 0.1) is 5.69 Å². The molecule has 88 valence electrons. The van der Waals surface area contributed by atoms with E-state index in [0.29, 0.717) is 12.5 Å². The second-order valence-corrected chi connectivity index (χ2v) is 4.22. The fourth-order valence-corrected chi connectivity index (χ4v) is 1.54. The standard InChI is InChI=1S/C11H18N4O/c1-15-7-4-10(14-15)8-12-5-6-13-11(16)9-2-3-9/h4,7,9,12H,2-3,5-6,8H2,1H3,(H,13,16). The second-order valence-electron chi connectivity index (χ2n) is 4.22. The fraction of sp³-hybridized carbons (Fsp3) is 0.636. The third-order valence-corrected chi connectivity index (χ3v) is 2.62. The predicted molar refractivity (Wildman–Crippen MR) is 60.6 cm³/mol. The van der Waals surface area contributed by atoms with Crippen LogP contribution in [0, 0.1) is 5.92 Å². The topological polar surface area (TPSA) is 59.0 Å². The molecule has 1 amide bonds. The van der Waals surface area contributed by atoms with Gasteiger partial charge < -0.3 is 10.6 Å². The van der Waals surface area contributed by atoms with Crippen molar-refractivity contribution in [3.8, 4) is 0 Å². The molecule has 0 aromatic carbocycles. The van der Waals surface area contributed by atoms with Crippen molar-refractivity contribution in [1.29, 1.82) is 0 Å². The van der Waals surface area contributed by atoms with Crippen LogP contribution in [0.2, 0.25) is 0 Å². The van der Waals surface area contributed by atoms with Crippen molar-refractivity contribution in [1.82, 2.24) is 20.4 Å². The Morgan fingerprint density at radius 2 is 2.38 bits per heavy atom. The van der Waals surface area contributed by atoms with Crippen LogP contribution in [0.3, 0.4) is 0 Å². The van der Waals surface area contributed by atoms with Crippen LogP contribution in [0.5, 0.6) is 0 Å². The smallest absolute Gasteiger partial charge is 0.223 e. The molecule has 5 nitrogen and oxygen atoms in total. The molecule has 1 heterocycles. The minimum absolute atomic E-state index is 0.208. The maximum atomic E-state index is 11.3. The Balaban J connectivity index is 1.53. The molecular formula is C11H18N4O. The van der Waals surface area contributed by atoms with Crippen LogP contribution in [-0.2, 0) is 18.4 Å². The molecule has 1 aliphatic carbocycles. The lowest BCUT2D eigenvalue weighted by molar-refractivity contribution is -0.122. The van der Waals surface area contributed by atoms with Crippen LogP contribution >= 0.6 is 0 Å². The first-order chi connectivity index (χ1) is 7.75. The molecule has 16 heavy (non-hydrogen) atoms. The molecular weight excluding hydrogens is 204 g/mol. The second kappa shape index (κ2) is 5.12. The number of nitrogens with one attached hydrogen (secondary N) is 2. The normalized spacial score (nSPS) is 15.1. The van der Waals surface area contributed by atoms with Crippen LogP contribution in [0.15, 0.2) is 12.3 Å². The van der Waals surface area contributed by atoms with Crippen LogP contribution in [0.4, 0.5) is 0 Å².